The van der Waals surface area contributed by atoms with Crippen LogP contribution in [0.15, 0.2) is 0 Å². The quantitative estimate of drug-likeness (QED) is 0.616. The second kappa shape index (κ2) is 6.59. The number of rotatable bonds is 4. The van der Waals surface area contributed by atoms with E-state index in [-0.39, 0.29) is 16.7 Å². The Hall–Kier alpha value is -0.860. The Labute approximate surface area is 165 Å². The highest BCUT2D eigenvalue weighted by atomic mass is 16.4. The topological polar surface area (TPSA) is 54.4 Å². The highest BCUT2D eigenvalue weighted by Gasteiger charge is 2.64. The molecule has 0 aromatic carbocycles. The van der Waals surface area contributed by atoms with Gasteiger partial charge in [-0.15, -0.1) is 0 Å². The first-order chi connectivity index (χ1) is 12.4. The first-order valence-corrected chi connectivity index (χ1v) is 11.1. The SMILES string of the molecule is CC(C[C@H]1[C@]2(C)CC[C@H]3C(C)(C)CCC[C@]3(C)[C@H]2CC[C@]1(C)C=O)C(=O)O. The van der Waals surface area contributed by atoms with E-state index in [1.807, 2.05) is 6.92 Å². The zero-order valence-electron chi connectivity index (χ0n) is 18.3. The van der Waals surface area contributed by atoms with Crippen molar-refractivity contribution in [1.29, 1.82) is 0 Å². The van der Waals surface area contributed by atoms with E-state index >= 15 is 0 Å². The minimum Gasteiger partial charge on any atom is -0.481 e. The van der Waals surface area contributed by atoms with E-state index in [1.54, 1.807) is 0 Å². The second-order valence-corrected chi connectivity index (χ2v) is 11.7. The molecule has 3 fully saturated rings. The normalized spacial score (nSPS) is 47.4. The van der Waals surface area contributed by atoms with Gasteiger partial charge in [0.1, 0.15) is 6.29 Å². The average Bonchev–Trinajstić information content (AvgIpc) is 2.56. The van der Waals surface area contributed by atoms with Crippen LogP contribution in [0.5, 0.6) is 0 Å². The van der Waals surface area contributed by atoms with Crippen molar-refractivity contribution in [2.75, 3.05) is 0 Å². The molecule has 1 unspecified atom stereocenters. The van der Waals surface area contributed by atoms with Crippen LogP contribution in [0, 0.1) is 45.3 Å². The Bertz CT molecular complexity index is 611. The van der Waals surface area contributed by atoms with Crippen molar-refractivity contribution in [3.05, 3.63) is 0 Å². The van der Waals surface area contributed by atoms with Gasteiger partial charge in [0.05, 0.1) is 5.92 Å². The summed E-state index contributed by atoms with van der Waals surface area (Å²) in [5.74, 6) is 0.387. The molecule has 0 amide bonds. The Morgan fingerprint density at radius 1 is 1.00 bits per heavy atom. The summed E-state index contributed by atoms with van der Waals surface area (Å²) in [6, 6.07) is 0. The van der Waals surface area contributed by atoms with Gasteiger partial charge in [0.25, 0.3) is 0 Å². The van der Waals surface area contributed by atoms with Gasteiger partial charge >= 0.3 is 5.97 Å². The molecule has 0 aliphatic heterocycles. The molecule has 0 bridgehead atoms. The molecule has 3 rings (SSSR count). The first kappa shape index (κ1) is 20.9. The lowest BCUT2D eigenvalue weighted by Crippen LogP contribution is -2.61. The number of fused-ring (bicyclic) bond motifs is 3. The third kappa shape index (κ3) is 3.08. The standard InChI is InChI=1S/C24H40O3/c1-16(20(26)27)14-19-22(4,15-25)12-8-18-23(5)11-7-10-21(2,3)17(23)9-13-24(18,19)6/h15-19H,7-14H2,1-6H3,(H,26,27)/t16?,17-,18+,19+,22+,23-,24+/m0/s1. The van der Waals surface area contributed by atoms with Crippen molar-refractivity contribution < 1.29 is 14.7 Å². The maximum atomic E-state index is 12.2. The van der Waals surface area contributed by atoms with Gasteiger partial charge in [-0.25, -0.2) is 0 Å². The van der Waals surface area contributed by atoms with Crippen LogP contribution < -0.4 is 0 Å². The van der Waals surface area contributed by atoms with Crippen molar-refractivity contribution >= 4 is 12.3 Å². The van der Waals surface area contributed by atoms with E-state index in [0.29, 0.717) is 23.2 Å². The molecular weight excluding hydrogens is 336 g/mol. The van der Waals surface area contributed by atoms with Crippen LogP contribution in [0.25, 0.3) is 0 Å². The third-order valence-corrected chi connectivity index (χ3v) is 9.68. The molecule has 0 aromatic rings. The zero-order valence-corrected chi connectivity index (χ0v) is 18.3. The fraction of sp³-hybridized carbons (Fsp3) is 0.917. The number of carboxylic acids is 1. The molecule has 0 aromatic heterocycles. The molecule has 3 aliphatic rings. The summed E-state index contributed by atoms with van der Waals surface area (Å²) in [5, 5.41) is 9.55. The number of carbonyl (C=O) groups is 2. The number of aldehydes is 1. The molecule has 3 heteroatoms. The Balaban J connectivity index is 2.02. The molecule has 3 saturated carbocycles. The zero-order chi connectivity index (χ0) is 20.3. The fourth-order valence-electron chi connectivity index (χ4n) is 8.28. The van der Waals surface area contributed by atoms with E-state index in [1.165, 1.54) is 25.7 Å². The fourth-order valence-corrected chi connectivity index (χ4v) is 8.28. The predicted octanol–water partition coefficient (Wildman–Crippen LogP) is 5.96. The summed E-state index contributed by atoms with van der Waals surface area (Å²) in [5.41, 5.74) is 0.395. The van der Waals surface area contributed by atoms with Crippen molar-refractivity contribution in [3.8, 4) is 0 Å². The smallest absolute Gasteiger partial charge is 0.306 e. The number of carboxylic acid groups (broad SMARTS) is 1. The Morgan fingerprint density at radius 2 is 1.63 bits per heavy atom. The summed E-state index contributed by atoms with van der Waals surface area (Å²) in [7, 11) is 0. The van der Waals surface area contributed by atoms with Gasteiger partial charge in [-0.1, -0.05) is 48.0 Å². The molecule has 0 saturated heterocycles. The van der Waals surface area contributed by atoms with Gasteiger partial charge in [0, 0.05) is 5.41 Å². The van der Waals surface area contributed by atoms with Crippen molar-refractivity contribution in [2.24, 2.45) is 45.3 Å². The maximum Gasteiger partial charge on any atom is 0.306 e. The van der Waals surface area contributed by atoms with Gasteiger partial charge in [0.2, 0.25) is 0 Å². The molecule has 27 heavy (non-hydrogen) atoms. The lowest BCUT2D eigenvalue weighted by Gasteiger charge is -2.68. The van der Waals surface area contributed by atoms with E-state index in [0.717, 1.165) is 31.5 Å². The van der Waals surface area contributed by atoms with E-state index in [4.69, 9.17) is 0 Å². The first-order valence-electron chi connectivity index (χ1n) is 11.1. The average molecular weight is 377 g/mol. The summed E-state index contributed by atoms with van der Waals surface area (Å²) >= 11 is 0. The van der Waals surface area contributed by atoms with Crippen molar-refractivity contribution in [1.82, 2.24) is 0 Å². The van der Waals surface area contributed by atoms with Crippen LogP contribution in [-0.2, 0) is 9.59 Å². The van der Waals surface area contributed by atoms with E-state index < -0.39 is 11.9 Å². The van der Waals surface area contributed by atoms with Crippen LogP contribution in [0.1, 0.15) is 92.9 Å². The van der Waals surface area contributed by atoms with Gasteiger partial charge in [0.15, 0.2) is 0 Å². The van der Waals surface area contributed by atoms with Crippen LogP contribution in [0.2, 0.25) is 0 Å². The van der Waals surface area contributed by atoms with Gasteiger partial charge in [-0.05, 0) is 78.9 Å². The summed E-state index contributed by atoms with van der Waals surface area (Å²) in [6.45, 7) is 13.8. The second-order valence-electron chi connectivity index (χ2n) is 11.7. The predicted molar refractivity (Wildman–Crippen MR) is 108 cm³/mol. The maximum absolute atomic E-state index is 12.2. The van der Waals surface area contributed by atoms with Crippen LogP contribution >= 0.6 is 0 Å². The van der Waals surface area contributed by atoms with Gasteiger partial charge in [-0.3, -0.25) is 4.79 Å². The molecule has 0 radical (unpaired) electrons. The van der Waals surface area contributed by atoms with E-state index in [2.05, 4.69) is 34.6 Å². The van der Waals surface area contributed by atoms with Crippen LogP contribution in [-0.4, -0.2) is 17.4 Å². The Morgan fingerprint density at radius 3 is 2.22 bits per heavy atom. The Kier molecular flexibility index (Phi) is 5.09. The molecule has 0 heterocycles. The minimum atomic E-state index is -0.729. The number of hydrogen-bond acceptors (Lipinski definition) is 2. The number of carbonyl (C=O) groups excluding carboxylic acids is 1. The highest BCUT2D eigenvalue weighted by Crippen LogP contribution is 2.71. The van der Waals surface area contributed by atoms with Gasteiger partial charge in [-0.2, -0.15) is 0 Å². The highest BCUT2D eigenvalue weighted by molar-refractivity contribution is 5.69. The number of hydrogen-bond donors (Lipinski definition) is 1. The number of aliphatic carboxylic acids is 1. The molecule has 3 nitrogen and oxygen atoms in total. The molecule has 3 aliphatic carbocycles. The molecular formula is C24H40O3. The lowest BCUT2D eigenvalue weighted by atomic mass is 9.37. The van der Waals surface area contributed by atoms with Crippen LogP contribution in [0.3, 0.4) is 0 Å². The molecule has 154 valence electrons. The molecule has 7 atom stereocenters. The summed E-state index contributed by atoms with van der Waals surface area (Å²) in [6.07, 6.45) is 10.1. The van der Waals surface area contributed by atoms with Crippen LogP contribution in [0.4, 0.5) is 0 Å². The van der Waals surface area contributed by atoms with Crippen molar-refractivity contribution in [2.45, 2.75) is 92.9 Å². The van der Waals surface area contributed by atoms with Crippen molar-refractivity contribution in [3.63, 3.8) is 0 Å². The van der Waals surface area contributed by atoms with E-state index in [9.17, 15) is 14.7 Å². The lowest BCUT2D eigenvalue weighted by molar-refractivity contribution is -0.193. The largest absolute Gasteiger partial charge is 0.481 e. The molecule has 0 spiro atoms. The molecule has 1 N–H and O–H groups in total. The monoisotopic (exact) mass is 376 g/mol. The minimum absolute atomic E-state index is 0.0658. The van der Waals surface area contributed by atoms with Gasteiger partial charge < -0.3 is 9.90 Å². The third-order valence-electron chi connectivity index (χ3n) is 9.68. The summed E-state index contributed by atoms with van der Waals surface area (Å²) in [4.78, 5) is 23.8. The summed E-state index contributed by atoms with van der Waals surface area (Å²) < 4.78 is 0.